The highest BCUT2D eigenvalue weighted by atomic mass is 32.1. The molecule has 0 aliphatic heterocycles. The molecule has 1 heterocycles. The molecule has 0 saturated carbocycles. The molecule has 2 N–H and O–H groups in total. The number of hydrogen-bond acceptors (Lipinski definition) is 5. The van der Waals surface area contributed by atoms with Crippen LogP contribution in [0.3, 0.4) is 0 Å². The summed E-state index contributed by atoms with van der Waals surface area (Å²) < 4.78 is 4.49. The monoisotopic (exact) mass is 214 g/mol. The lowest BCUT2D eigenvalue weighted by molar-refractivity contribution is -0.139. The highest BCUT2D eigenvalue weighted by molar-refractivity contribution is 7.13. The molecule has 1 aromatic rings. The summed E-state index contributed by atoms with van der Waals surface area (Å²) in [6.07, 6.45) is 0.0755. The number of primary amides is 1. The number of aryl methyl sites for hydroxylation is 1. The minimum Gasteiger partial charge on any atom is -0.469 e. The third kappa shape index (κ3) is 2.29. The summed E-state index contributed by atoms with van der Waals surface area (Å²) in [4.78, 5) is 26.5. The van der Waals surface area contributed by atoms with E-state index in [0.29, 0.717) is 5.69 Å². The second-order valence-electron chi connectivity index (χ2n) is 2.64. The Morgan fingerprint density at radius 1 is 1.57 bits per heavy atom. The Bertz CT molecular complexity index is 373. The Morgan fingerprint density at radius 3 is 2.64 bits per heavy atom. The second-order valence-corrected chi connectivity index (χ2v) is 3.84. The topological polar surface area (TPSA) is 82.3 Å². The van der Waals surface area contributed by atoms with Crippen molar-refractivity contribution in [2.75, 3.05) is 7.11 Å². The highest BCUT2D eigenvalue weighted by Crippen LogP contribution is 2.17. The highest BCUT2D eigenvalue weighted by Gasteiger charge is 2.14. The first-order chi connectivity index (χ1) is 6.54. The average molecular weight is 214 g/mol. The van der Waals surface area contributed by atoms with E-state index in [1.165, 1.54) is 18.4 Å². The fraction of sp³-hybridized carbons (Fsp3) is 0.375. The predicted octanol–water partition coefficient (Wildman–Crippen LogP) is 0.266. The smallest absolute Gasteiger partial charge is 0.311 e. The first-order valence-electron chi connectivity index (χ1n) is 3.87. The van der Waals surface area contributed by atoms with Crippen LogP contribution >= 0.6 is 11.3 Å². The molecule has 0 spiro atoms. The van der Waals surface area contributed by atoms with Crippen molar-refractivity contribution in [1.29, 1.82) is 0 Å². The number of hydrogen-bond donors (Lipinski definition) is 1. The first kappa shape index (κ1) is 10.6. The van der Waals surface area contributed by atoms with Crippen molar-refractivity contribution in [2.45, 2.75) is 13.3 Å². The van der Waals surface area contributed by atoms with Crippen molar-refractivity contribution < 1.29 is 14.3 Å². The second kappa shape index (κ2) is 4.19. The lowest BCUT2D eigenvalue weighted by Gasteiger charge is -1.95. The van der Waals surface area contributed by atoms with E-state index in [2.05, 4.69) is 9.72 Å². The fourth-order valence-electron chi connectivity index (χ4n) is 0.906. The summed E-state index contributed by atoms with van der Waals surface area (Å²) in [5.41, 5.74) is 5.60. The summed E-state index contributed by atoms with van der Waals surface area (Å²) >= 11 is 1.18. The maximum Gasteiger partial charge on any atom is 0.311 e. The Morgan fingerprint density at radius 2 is 2.21 bits per heavy atom. The third-order valence-corrected chi connectivity index (χ3v) is 2.67. The van der Waals surface area contributed by atoms with Gasteiger partial charge < -0.3 is 10.5 Å². The van der Waals surface area contributed by atoms with Gasteiger partial charge in [-0.3, -0.25) is 9.59 Å². The van der Waals surface area contributed by atoms with Crippen LogP contribution in [0.5, 0.6) is 0 Å². The summed E-state index contributed by atoms with van der Waals surface area (Å²) in [5, 5.41) is 0.224. The predicted molar refractivity (Wildman–Crippen MR) is 51.1 cm³/mol. The van der Waals surface area contributed by atoms with Gasteiger partial charge in [0.25, 0.3) is 5.91 Å². The van der Waals surface area contributed by atoms with Gasteiger partial charge in [0.15, 0.2) is 5.01 Å². The molecule has 0 aliphatic carbocycles. The van der Waals surface area contributed by atoms with Gasteiger partial charge in [0.05, 0.1) is 19.2 Å². The SMILES string of the molecule is COC(=O)Cc1nc(C(N)=O)sc1C. The number of rotatable bonds is 3. The van der Waals surface area contributed by atoms with Crippen molar-refractivity contribution in [2.24, 2.45) is 5.73 Å². The molecular formula is C8H10N2O3S. The molecule has 0 radical (unpaired) electrons. The van der Waals surface area contributed by atoms with E-state index in [1.807, 2.05) is 0 Å². The number of carbonyl (C=O) groups excluding carboxylic acids is 2. The van der Waals surface area contributed by atoms with Crippen LogP contribution in [-0.4, -0.2) is 24.0 Å². The molecule has 1 amide bonds. The zero-order chi connectivity index (χ0) is 10.7. The normalized spacial score (nSPS) is 9.86. The van der Waals surface area contributed by atoms with Gasteiger partial charge in [-0.15, -0.1) is 11.3 Å². The number of ether oxygens (including phenoxy) is 1. The molecule has 0 bridgehead atoms. The summed E-state index contributed by atoms with van der Waals surface area (Å²) in [6.45, 7) is 1.78. The van der Waals surface area contributed by atoms with Crippen molar-refractivity contribution in [3.05, 3.63) is 15.6 Å². The van der Waals surface area contributed by atoms with Crippen LogP contribution in [0.4, 0.5) is 0 Å². The number of nitrogens with zero attached hydrogens (tertiary/aromatic N) is 1. The number of esters is 1. The van der Waals surface area contributed by atoms with E-state index < -0.39 is 5.91 Å². The van der Waals surface area contributed by atoms with Gasteiger partial charge >= 0.3 is 5.97 Å². The molecule has 0 aliphatic rings. The quantitative estimate of drug-likeness (QED) is 0.732. The van der Waals surface area contributed by atoms with Crippen LogP contribution in [0, 0.1) is 6.92 Å². The van der Waals surface area contributed by atoms with E-state index in [1.54, 1.807) is 6.92 Å². The van der Waals surface area contributed by atoms with Gasteiger partial charge in [0, 0.05) is 4.88 Å². The van der Waals surface area contributed by atoms with E-state index in [0.717, 1.165) is 4.88 Å². The minimum absolute atomic E-state index is 0.0755. The number of carbonyl (C=O) groups is 2. The lowest BCUT2D eigenvalue weighted by atomic mass is 10.3. The van der Waals surface area contributed by atoms with Crippen LogP contribution < -0.4 is 5.73 Å². The molecule has 0 unspecified atom stereocenters. The zero-order valence-electron chi connectivity index (χ0n) is 7.86. The van der Waals surface area contributed by atoms with Gasteiger partial charge in [-0.25, -0.2) is 4.98 Å². The summed E-state index contributed by atoms with van der Waals surface area (Å²) in [7, 11) is 1.30. The Hall–Kier alpha value is -1.43. The van der Waals surface area contributed by atoms with Crippen LogP contribution in [0.15, 0.2) is 0 Å². The van der Waals surface area contributed by atoms with Gasteiger partial charge in [0.1, 0.15) is 0 Å². The van der Waals surface area contributed by atoms with Crippen LogP contribution in [0.1, 0.15) is 20.4 Å². The minimum atomic E-state index is -0.575. The Labute approximate surface area is 84.9 Å². The van der Waals surface area contributed by atoms with Crippen molar-refractivity contribution in [1.82, 2.24) is 4.98 Å². The molecule has 6 heteroatoms. The van der Waals surface area contributed by atoms with Crippen LogP contribution in [0.2, 0.25) is 0 Å². The van der Waals surface area contributed by atoms with Gasteiger partial charge in [-0.1, -0.05) is 0 Å². The van der Waals surface area contributed by atoms with Gasteiger partial charge in [0.2, 0.25) is 0 Å². The molecule has 5 nitrogen and oxygen atoms in total. The lowest BCUT2D eigenvalue weighted by Crippen LogP contribution is -2.11. The van der Waals surface area contributed by atoms with Crippen molar-refractivity contribution >= 4 is 23.2 Å². The molecule has 14 heavy (non-hydrogen) atoms. The average Bonchev–Trinajstić information content (AvgIpc) is 2.48. The molecule has 1 aromatic heterocycles. The maximum atomic E-state index is 10.9. The van der Waals surface area contributed by atoms with Crippen molar-refractivity contribution in [3.8, 4) is 0 Å². The Balaban J connectivity index is 2.88. The number of thiazole rings is 1. The van der Waals surface area contributed by atoms with E-state index >= 15 is 0 Å². The molecule has 0 saturated heterocycles. The van der Waals surface area contributed by atoms with Crippen molar-refractivity contribution in [3.63, 3.8) is 0 Å². The maximum absolute atomic E-state index is 10.9. The largest absolute Gasteiger partial charge is 0.469 e. The number of methoxy groups -OCH3 is 1. The van der Waals surface area contributed by atoms with Crippen LogP contribution in [-0.2, 0) is 16.0 Å². The van der Waals surface area contributed by atoms with Gasteiger partial charge in [-0.2, -0.15) is 0 Å². The van der Waals surface area contributed by atoms with E-state index in [4.69, 9.17) is 5.73 Å². The first-order valence-corrected chi connectivity index (χ1v) is 4.69. The Kier molecular flexibility index (Phi) is 3.19. The molecule has 76 valence electrons. The number of aromatic nitrogens is 1. The fourth-order valence-corrected chi connectivity index (χ4v) is 1.69. The van der Waals surface area contributed by atoms with E-state index in [9.17, 15) is 9.59 Å². The third-order valence-electron chi connectivity index (χ3n) is 1.64. The van der Waals surface area contributed by atoms with Crippen LogP contribution in [0.25, 0.3) is 0 Å². The molecule has 0 aromatic carbocycles. The summed E-state index contributed by atoms with van der Waals surface area (Å²) in [5.74, 6) is -0.955. The molecule has 0 fully saturated rings. The standard InChI is InChI=1S/C8H10N2O3S/c1-4-5(3-6(11)13-2)10-8(14-4)7(9)12/h3H2,1-2H3,(H2,9,12). The molecule has 0 atom stereocenters. The number of amides is 1. The summed E-state index contributed by atoms with van der Waals surface area (Å²) in [6, 6.07) is 0. The molecular weight excluding hydrogens is 204 g/mol. The van der Waals surface area contributed by atoms with Gasteiger partial charge in [-0.05, 0) is 6.92 Å². The zero-order valence-corrected chi connectivity index (χ0v) is 8.68. The molecule has 1 rings (SSSR count). The van der Waals surface area contributed by atoms with E-state index in [-0.39, 0.29) is 17.4 Å². The number of nitrogens with two attached hydrogens (primary N) is 1.